The van der Waals surface area contributed by atoms with Gasteiger partial charge in [0.25, 0.3) is 0 Å². The minimum absolute atomic E-state index is 0.114. The van der Waals surface area contributed by atoms with E-state index >= 15 is 0 Å². The lowest BCUT2D eigenvalue weighted by Gasteiger charge is -2.22. The summed E-state index contributed by atoms with van der Waals surface area (Å²) in [5.74, 6) is -1.80. The summed E-state index contributed by atoms with van der Waals surface area (Å²) in [6.07, 6.45) is -0.688. The van der Waals surface area contributed by atoms with Crippen LogP contribution in [0.15, 0.2) is 24.3 Å². The second kappa shape index (κ2) is 6.43. The zero-order valence-electron chi connectivity index (χ0n) is 13.9. The maximum Gasteiger partial charge on any atom is 0.408 e. The largest absolute Gasteiger partial charge is 0.478 e. The van der Waals surface area contributed by atoms with Crippen LogP contribution in [-0.4, -0.2) is 27.8 Å². The average molecular weight is 334 g/mol. The van der Waals surface area contributed by atoms with E-state index in [9.17, 15) is 19.1 Å². The molecule has 24 heavy (non-hydrogen) atoms. The number of alkyl carbamates (subject to hydrolysis) is 1. The predicted molar refractivity (Wildman–Crippen MR) is 86.4 cm³/mol. The van der Waals surface area contributed by atoms with Crippen molar-refractivity contribution >= 4 is 23.0 Å². The third kappa shape index (κ3) is 3.98. The molecule has 1 heterocycles. The van der Waals surface area contributed by atoms with E-state index in [0.717, 1.165) is 0 Å². The molecule has 0 aliphatic rings. The number of carboxylic acids is 1. The highest BCUT2D eigenvalue weighted by Crippen LogP contribution is 2.24. The van der Waals surface area contributed by atoms with Gasteiger partial charge >= 0.3 is 12.1 Å². The van der Waals surface area contributed by atoms with Gasteiger partial charge in [0.05, 0.1) is 22.8 Å². The van der Waals surface area contributed by atoms with E-state index in [0.29, 0.717) is 5.52 Å². The van der Waals surface area contributed by atoms with Gasteiger partial charge in [-0.1, -0.05) is 6.07 Å². The first kappa shape index (κ1) is 17.7. The number of aromatic carboxylic acids is 1. The average Bonchev–Trinajstić information content (AvgIpc) is 2.44. The van der Waals surface area contributed by atoms with Gasteiger partial charge in [-0.15, -0.1) is 0 Å². The Morgan fingerprint density at radius 3 is 2.58 bits per heavy atom. The molecule has 0 aliphatic heterocycles. The van der Waals surface area contributed by atoms with Gasteiger partial charge in [0, 0.05) is 5.39 Å². The van der Waals surface area contributed by atoms with Crippen molar-refractivity contribution in [3.05, 3.63) is 41.3 Å². The molecule has 0 spiro atoms. The van der Waals surface area contributed by atoms with Crippen molar-refractivity contribution in [1.82, 2.24) is 10.3 Å². The van der Waals surface area contributed by atoms with Crippen LogP contribution in [0.4, 0.5) is 9.18 Å². The zero-order valence-corrected chi connectivity index (χ0v) is 13.9. The molecule has 1 unspecified atom stereocenters. The van der Waals surface area contributed by atoms with E-state index in [-0.39, 0.29) is 16.6 Å². The Labute approximate surface area is 138 Å². The van der Waals surface area contributed by atoms with Crippen LogP contribution < -0.4 is 5.32 Å². The molecule has 2 aromatic rings. The quantitative estimate of drug-likeness (QED) is 0.894. The zero-order chi connectivity index (χ0) is 18.1. The molecular weight excluding hydrogens is 315 g/mol. The third-order valence-electron chi connectivity index (χ3n) is 3.21. The summed E-state index contributed by atoms with van der Waals surface area (Å²) < 4.78 is 19.0. The van der Waals surface area contributed by atoms with E-state index < -0.39 is 29.5 Å². The fourth-order valence-electron chi connectivity index (χ4n) is 2.23. The molecule has 0 saturated heterocycles. The number of halogens is 1. The lowest BCUT2D eigenvalue weighted by molar-refractivity contribution is 0.0503. The molecule has 0 saturated carbocycles. The highest BCUT2D eigenvalue weighted by molar-refractivity contribution is 5.94. The van der Waals surface area contributed by atoms with Crippen LogP contribution >= 0.6 is 0 Å². The van der Waals surface area contributed by atoms with Crippen LogP contribution in [0.1, 0.15) is 49.8 Å². The summed E-state index contributed by atoms with van der Waals surface area (Å²) >= 11 is 0. The van der Waals surface area contributed by atoms with E-state index in [2.05, 4.69) is 10.3 Å². The number of carboxylic acid groups (broad SMARTS) is 1. The number of carbonyl (C=O) groups excluding carboxylic acids is 1. The number of nitrogens with one attached hydrogen (secondary N) is 1. The van der Waals surface area contributed by atoms with Crippen molar-refractivity contribution in [3.63, 3.8) is 0 Å². The first-order valence-corrected chi connectivity index (χ1v) is 7.40. The number of pyridine rings is 1. The van der Waals surface area contributed by atoms with E-state index in [4.69, 9.17) is 4.74 Å². The first-order valence-electron chi connectivity index (χ1n) is 7.40. The summed E-state index contributed by atoms with van der Waals surface area (Å²) in [7, 11) is 0. The number of fused-ring (bicyclic) bond motifs is 1. The molecule has 0 aliphatic carbocycles. The minimum atomic E-state index is -1.25. The van der Waals surface area contributed by atoms with Crippen LogP contribution in [0.2, 0.25) is 0 Å². The lowest BCUT2D eigenvalue weighted by Crippen LogP contribution is -2.34. The molecule has 1 aromatic heterocycles. The lowest BCUT2D eigenvalue weighted by atomic mass is 10.0. The topological polar surface area (TPSA) is 88.5 Å². The van der Waals surface area contributed by atoms with Gasteiger partial charge in [-0.25, -0.2) is 19.0 Å². The minimum Gasteiger partial charge on any atom is -0.478 e. The van der Waals surface area contributed by atoms with Gasteiger partial charge in [0.1, 0.15) is 11.4 Å². The second-order valence-electron chi connectivity index (χ2n) is 6.40. The number of amides is 1. The Kier molecular flexibility index (Phi) is 4.73. The van der Waals surface area contributed by atoms with Crippen molar-refractivity contribution in [3.8, 4) is 0 Å². The smallest absolute Gasteiger partial charge is 0.408 e. The number of rotatable bonds is 3. The van der Waals surface area contributed by atoms with Crippen molar-refractivity contribution in [2.24, 2.45) is 0 Å². The van der Waals surface area contributed by atoms with E-state index in [1.165, 1.54) is 18.2 Å². The molecular formula is C17H19FN2O4. The summed E-state index contributed by atoms with van der Waals surface area (Å²) in [6.45, 7) is 6.74. The Morgan fingerprint density at radius 1 is 1.33 bits per heavy atom. The molecule has 1 atom stereocenters. The molecule has 1 aromatic carbocycles. The van der Waals surface area contributed by atoms with Crippen molar-refractivity contribution in [2.45, 2.75) is 39.3 Å². The maximum atomic E-state index is 13.8. The summed E-state index contributed by atoms with van der Waals surface area (Å²) in [5, 5.41) is 12.0. The van der Waals surface area contributed by atoms with Gasteiger partial charge in [0.15, 0.2) is 0 Å². The molecule has 0 radical (unpaired) electrons. The summed E-state index contributed by atoms with van der Waals surface area (Å²) in [4.78, 5) is 27.6. The van der Waals surface area contributed by atoms with Gasteiger partial charge in [-0.3, -0.25) is 0 Å². The predicted octanol–water partition coefficient (Wildman–Crippen LogP) is 3.66. The first-order chi connectivity index (χ1) is 11.1. The number of hydrogen-bond donors (Lipinski definition) is 2. The van der Waals surface area contributed by atoms with E-state index in [1.54, 1.807) is 33.8 Å². The Bertz CT molecular complexity index is 799. The van der Waals surface area contributed by atoms with E-state index in [1.807, 2.05) is 0 Å². The molecule has 7 heteroatoms. The van der Waals surface area contributed by atoms with Crippen LogP contribution in [0.3, 0.4) is 0 Å². The molecule has 2 N–H and O–H groups in total. The Balaban J connectivity index is 2.41. The molecule has 128 valence electrons. The van der Waals surface area contributed by atoms with Crippen LogP contribution in [0.5, 0.6) is 0 Å². The SMILES string of the molecule is CC(NC(=O)OC(C)(C)C)c1nc2cccc(F)c2cc1C(=O)O. The van der Waals surface area contributed by atoms with Crippen molar-refractivity contribution < 1.29 is 23.8 Å². The van der Waals surface area contributed by atoms with Gasteiger partial charge < -0.3 is 15.2 Å². The second-order valence-corrected chi connectivity index (χ2v) is 6.40. The van der Waals surface area contributed by atoms with Crippen LogP contribution in [0.25, 0.3) is 10.9 Å². The molecule has 6 nitrogen and oxygen atoms in total. The number of nitrogens with zero attached hydrogens (tertiary/aromatic N) is 1. The highest BCUT2D eigenvalue weighted by atomic mass is 19.1. The molecule has 1 amide bonds. The Hall–Kier alpha value is -2.70. The number of hydrogen-bond acceptors (Lipinski definition) is 4. The molecule has 0 bridgehead atoms. The maximum absolute atomic E-state index is 13.8. The van der Waals surface area contributed by atoms with Gasteiger partial charge in [0.2, 0.25) is 0 Å². The third-order valence-corrected chi connectivity index (χ3v) is 3.21. The molecule has 2 rings (SSSR count). The fourth-order valence-corrected chi connectivity index (χ4v) is 2.23. The molecule has 0 fully saturated rings. The number of benzene rings is 1. The number of ether oxygens (including phenoxy) is 1. The van der Waals surface area contributed by atoms with Crippen LogP contribution in [0, 0.1) is 5.82 Å². The van der Waals surface area contributed by atoms with Crippen LogP contribution in [-0.2, 0) is 4.74 Å². The van der Waals surface area contributed by atoms with Crippen molar-refractivity contribution in [2.75, 3.05) is 0 Å². The van der Waals surface area contributed by atoms with Gasteiger partial charge in [-0.05, 0) is 45.9 Å². The fraction of sp³-hybridized carbons (Fsp3) is 0.353. The number of aromatic nitrogens is 1. The normalized spacial score (nSPS) is 12.7. The summed E-state index contributed by atoms with van der Waals surface area (Å²) in [5.41, 5.74) is -0.408. The van der Waals surface area contributed by atoms with Gasteiger partial charge in [-0.2, -0.15) is 0 Å². The highest BCUT2D eigenvalue weighted by Gasteiger charge is 2.23. The standard InChI is InChI=1S/C17H19FN2O4/c1-9(19-16(23)24-17(2,3)4)14-11(15(21)22)8-10-12(18)6-5-7-13(10)20-14/h5-9H,1-4H3,(H,19,23)(H,21,22). The summed E-state index contributed by atoms with van der Waals surface area (Å²) in [6, 6.07) is 4.80. The van der Waals surface area contributed by atoms with Crippen molar-refractivity contribution in [1.29, 1.82) is 0 Å². The Morgan fingerprint density at radius 2 is 2.00 bits per heavy atom. The number of carbonyl (C=O) groups is 2. The monoisotopic (exact) mass is 334 g/mol.